The quantitative estimate of drug-likeness (QED) is 0.516. The minimum atomic E-state index is -1.06. The van der Waals surface area contributed by atoms with Gasteiger partial charge in [-0.05, 0) is 35.4 Å². The van der Waals surface area contributed by atoms with Crippen molar-refractivity contribution in [1.82, 2.24) is 4.98 Å². The van der Waals surface area contributed by atoms with Gasteiger partial charge in [-0.3, -0.25) is 0 Å². The highest BCUT2D eigenvalue weighted by Gasteiger charge is 2.39. The molecule has 0 radical (unpaired) electrons. The Balaban J connectivity index is 2.12. The molecule has 3 aromatic carbocycles. The zero-order valence-corrected chi connectivity index (χ0v) is 14.5. The van der Waals surface area contributed by atoms with Crippen molar-refractivity contribution in [3.8, 4) is 11.8 Å². The first-order valence-electron chi connectivity index (χ1n) is 8.19. The average molecular weight is 359 g/mol. The molecule has 0 amide bonds. The highest BCUT2D eigenvalue weighted by Crippen LogP contribution is 2.43. The summed E-state index contributed by atoms with van der Waals surface area (Å²) >= 11 is 6.50. The maximum Gasteiger partial charge on any atom is 0.134 e. The van der Waals surface area contributed by atoms with E-state index >= 15 is 0 Å². The fraction of sp³-hybridized carbons (Fsp3) is 0.0455. The number of nitrogens with zero attached hydrogens (tertiary/aromatic N) is 1. The zero-order valence-electron chi connectivity index (χ0n) is 13.8. The lowest BCUT2D eigenvalue weighted by atomic mass is 9.70. The topological polar surface area (TPSA) is 59.8 Å². The largest absolute Gasteiger partial charge is 0.508 e. The maximum atomic E-state index is 10.4. The van der Waals surface area contributed by atoms with Crippen molar-refractivity contribution in [2.24, 2.45) is 0 Å². The number of fused-ring (bicyclic) bond motifs is 1. The van der Waals surface area contributed by atoms with Crippen LogP contribution in [0.3, 0.4) is 0 Å². The van der Waals surface area contributed by atoms with E-state index in [2.05, 4.69) is 11.1 Å². The number of phenols is 1. The molecule has 1 heterocycles. The summed E-state index contributed by atoms with van der Waals surface area (Å²) in [6, 6.07) is 24.5. The lowest BCUT2D eigenvalue weighted by molar-refractivity contribution is 0.475. The molecule has 0 spiro atoms. The number of halogens is 1. The Bertz CT molecular complexity index is 1110. The second-order valence-electron chi connectivity index (χ2n) is 6.14. The van der Waals surface area contributed by atoms with Crippen LogP contribution in [0.25, 0.3) is 10.9 Å². The maximum absolute atomic E-state index is 10.4. The molecular formula is C22H15ClN2O. The highest BCUT2D eigenvalue weighted by molar-refractivity contribution is 6.35. The molecule has 4 rings (SSSR count). The molecule has 0 saturated heterocycles. The number of aromatic amines is 1. The Morgan fingerprint density at radius 2 is 1.58 bits per heavy atom. The molecule has 1 aromatic heterocycles. The molecule has 0 saturated carbocycles. The molecule has 4 aromatic rings. The van der Waals surface area contributed by atoms with Gasteiger partial charge < -0.3 is 10.1 Å². The second-order valence-corrected chi connectivity index (χ2v) is 6.55. The van der Waals surface area contributed by atoms with Crippen molar-refractivity contribution in [2.75, 3.05) is 0 Å². The summed E-state index contributed by atoms with van der Waals surface area (Å²) in [5.41, 5.74) is 2.22. The van der Waals surface area contributed by atoms with Crippen LogP contribution in [0, 0.1) is 11.3 Å². The van der Waals surface area contributed by atoms with Crippen LogP contribution in [0.15, 0.2) is 79.0 Å². The van der Waals surface area contributed by atoms with Crippen molar-refractivity contribution in [3.05, 3.63) is 101 Å². The molecule has 0 bridgehead atoms. The molecule has 0 unspecified atom stereocenters. The number of hydrogen-bond acceptors (Lipinski definition) is 2. The van der Waals surface area contributed by atoms with Gasteiger partial charge in [0.1, 0.15) is 11.2 Å². The number of aromatic nitrogens is 1. The predicted octanol–water partition coefficient (Wildman–Crippen LogP) is 5.38. The summed E-state index contributed by atoms with van der Waals surface area (Å²) in [5, 5.41) is 21.5. The third-order valence-electron chi connectivity index (χ3n) is 4.73. The van der Waals surface area contributed by atoms with Gasteiger partial charge in [0.05, 0.1) is 11.1 Å². The van der Waals surface area contributed by atoms with Crippen LogP contribution >= 0.6 is 11.6 Å². The highest BCUT2D eigenvalue weighted by atomic mass is 35.5. The number of hydrogen-bond donors (Lipinski definition) is 2. The van der Waals surface area contributed by atoms with Crippen molar-refractivity contribution in [1.29, 1.82) is 5.26 Å². The Morgan fingerprint density at radius 3 is 2.27 bits per heavy atom. The van der Waals surface area contributed by atoms with E-state index in [1.54, 1.807) is 24.3 Å². The average Bonchev–Trinajstić information content (AvgIpc) is 3.11. The van der Waals surface area contributed by atoms with Gasteiger partial charge in [0.15, 0.2) is 0 Å². The smallest absolute Gasteiger partial charge is 0.134 e. The summed E-state index contributed by atoms with van der Waals surface area (Å²) in [6.07, 6.45) is 1.85. The van der Waals surface area contributed by atoms with E-state index in [0.29, 0.717) is 5.02 Å². The van der Waals surface area contributed by atoms with Crippen LogP contribution in [0.2, 0.25) is 5.02 Å². The van der Waals surface area contributed by atoms with E-state index in [4.69, 9.17) is 11.6 Å². The van der Waals surface area contributed by atoms with E-state index in [1.165, 1.54) is 0 Å². The van der Waals surface area contributed by atoms with E-state index < -0.39 is 5.41 Å². The molecule has 26 heavy (non-hydrogen) atoms. The molecule has 1 atom stereocenters. The van der Waals surface area contributed by atoms with Crippen molar-refractivity contribution in [3.63, 3.8) is 0 Å². The van der Waals surface area contributed by atoms with E-state index in [-0.39, 0.29) is 5.75 Å². The molecule has 3 nitrogen and oxygen atoms in total. The lowest BCUT2D eigenvalue weighted by Crippen LogP contribution is -2.27. The first-order chi connectivity index (χ1) is 12.7. The second kappa shape index (κ2) is 6.25. The predicted molar refractivity (Wildman–Crippen MR) is 103 cm³/mol. The number of nitrogens with one attached hydrogen (secondary N) is 1. The molecule has 0 aliphatic rings. The molecular weight excluding hydrogens is 344 g/mol. The summed E-state index contributed by atoms with van der Waals surface area (Å²) in [6.45, 7) is 0. The normalized spacial score (nSPS) is 13.2. The fourth-order valence-corrected chi connectivity index (χ4v) is 3.78. The lowest BCUT2D eigenvalue weighted by Gasteiger charge is -2.28. The standard InChI is InChI=1S/C22H15ClN2O/c23-19-7-4-8-20-21(19)18(13-25-20)22(14-24,15-5-2-1-3-6-15)16-9-11-17(26)12-10-16/h1-13,25-26H/t22-/m1/s1. The molecule has 4 heteroatoms. The number of aromatic hydroxyl groups is 1. The number of nitriles is 1. The van der Waals surface area contributed by atoms with Gasteiger partial charge >= 0.3 is 0 Å². The summed E-state index contributed by atoms with van der Waals surface area (Å²) in [5.74, 6) is 0.158. The third kappa shape index (κ3) is 2.35. The van der Waals surface area contributed by atoms with Gasteiger partial charge in [-0.15, -0.1) is 0 Å². The Labute approximate surface area is 156 Å². The van der Waals surface area contributed by atoms with Crippen molar-refractivity contribution >= 4 is 22.5 Å². The van der Waals surface area contributed by atoms with Crippen molar-refractivity contribution in [2.45, 2.75) is 5.41 Å². The van der Waals surface area contributed by atoms with Gasteiger partial charge in [0, 0.05) is 22.7 Å². The van der Waals surface area contributed by atoms with Crippen LogP contribution in [-0.2, 0) is 5.41 Å². The van der Waals surface area contributed by atoms with E-state index in [9.17, 15) is 10.4 Å². The number of benzene rings is 3. The van der Waals surface area contributed by atoms with Gasteiger partial charge in [-0.2, -0.15) is 5.26 Å². The Hall–Kier alpha value is -3.22. The summed E-state index contributed by atoms with van der Waals surface area (Å²) in [4.78, 5) is 3.23. The van der Waals surface area contributed by atoms with Gasteiger partial charge in [-0.1, -0.05) is 60.1 Å². The monoisotopic (exact) mass is 358 g/mol. The van der Waals surface area contributed by atoms with Gasteiger partial charge in [0.25, 0.3) is 0 Å². The molecule has 0 fully saturated rings. The van der Waals surface area contributed by atoms with Gasteiger partial charge in [0.2, 0.25) is 0 Å². The van der Waals surface area contributed by atoms with Crippen LogP contribution < -0.4 is 0 Å². The summed E-state index contributed by atoms with van der Waals surface area (Å²) < 4.78 is 0. The van der Waals surface area contributed by atoms with Crippen LogP contribution in [-0.4, -0.2) is 10.1 Å². The molecule has 2 N–H and O–H groups in total. The summed E-state index contributed by atoms with van der Waals surface area (Å²) in [7, 11) is 0. The van der Waals surface area contributed by atoms with Crippen LogP contribution in [0.1, 0.15) is 16.7 Å². The van der Waals surface area contributed by atoms with E-state index in [0.717, 1.165) is 27.6 Å². The number of rotatable bonds is 3. The third-order valence-corrected chi connectivity index (χ3v) is 5.05. The number of H-pyrrole nitrogens is 1. The van der Waals surface area contributed by atoms with Crippen LogP contribution in [0.5, 0.6) is 5.75 Å². The SMILES string of the molecule is N#C[C@@](c1ccccc1)(c1ccc(O)cc1)c1c[nH]c2cccc(Cl)c12. The zero-order chi connectivity index (χ0) is 18.1. The molecule has 0 aliphatic carbocycles. The molecule has 126 valence electrons. The first-order valence-corrected chi connectivity index (χ1v) is 8.57. The minimum absolute atomic E-state index is 0.158. The first kappa shape index (κ1) is 16.3. The molecule has 0 aliphatic heterocycles. The van der Waals surface area contributed by atoms with Crippen molar-refractivity contribution < 1.29 is 5.11 Å². The Morgan fingerprint density at radius 1 is 0.885 bits per heavy atom. The van der Waals surface area contributed by atoms with E-state index in [1.807, 2.05) is 54.7 Å². The number of phenolic OH excluding ortho intramolecular Hbond substituents is 1. The Kier molecular flexibility index (Phi) is 3.91. The fourth-order valence-electron chi connectivity index (χ4n) is 3.50. The minimum Gasteiger partial charge on any atom is -0.508 e. The van der Waals surface area contributed by atoms with Crippen LogP contribution in [0.4, 0.5) is 0 Å². The van der Waals surface area contributed by atoms with Gasteiger partial charge in [-0.25, -0.2) is 0 Å².